The van der Waals surface area contributed by atoms with Gasteiger partial charge in [0.1, 0.15) is 0 Å². The molecule has 0 bridgehead atoms. The Morgan fingerprint density at radius 1 is 1.15 bits per heavy atom. The Bertz CT molecular complexity index is 427. The van der Waals surface area contributed by atoms with E-state index < -0.39 is 0 Å². The van der Waals surface area contributed by atoms with Crippen molar-refractivity contribution >= 4 is 17.3 Å². The zero-order valence-electron chi connectivity index (χ0n) is 11.8. The number of anilines is 2. The molecule has 1 fully saturated rings. The molecule has 1 heterocycles. The van der Waals surface area contributed by atoms with Crippen molar-refractivity contribution in [3.8, 4) is 0 Å². The highest BCUT2D eigenvalue weighted by atomic mass is 16.5. The molecule has 1 aliphatic rings. The average Bonchev–Trinajstić information content (AvgIpc) is 2.47. The Morgan fingerprint density at radius 2 is 1.75 bits per heavy atom. The molecule has 0 radical (unpaired) electrons. The first kappa shape index (κ1) is 14.8. The van der Waals surface area contributed by atoms with Crippen molar-refractivity contribution < 1.29 is 10.0 Å². The predicted octanol–water partition coefficient (Wildman–Crippen LogP) is 1.06. The highest BCUT2D eigenvalue weighted by Gasteiger charge is 2.14. The predicted molar refractivity (Wildman–Crippen MR) is 79.0 cm³/mol. The van der Waals surface area contributed by atoms with Crippen molar-refractivity contribution in [1.29, 1.82) is 0 Å². The molecular weight excluding hydrogens is 256 g/mol. The number of rotatable bonds is 5. The summed E-state index contributed by atoms with van der Waals surface area (Å²) < 4.78 is 0. The van der Waals surface area contributed by atoms with Crippen molar-refractivity contribution in [3.05, 3.63) is 24.3 Å². The molecule has 1 aromatic carbocycles. The Balaban J connectivity index is 1.72. The van der Waals surface area contributed by atoms with Gasteiger partial charge < -0.3 is 15.1 Å². The molecule has 0 unspecified atom stereocenters. The van der Waals surface area contributed by atoms with Crippen LogP contribution in [0.1, 0.15) is 6.42 Å². The van der Waals surface area contributed by atoms with Gasteiger partial charge in [0, 0.05) is 44.8 Å². The fourth-order valence-corrected chi connectivity index (χ4v) is 2.18. The lowest BCUT2D eigenvalue weighted by Gasteiger charge is -2.32. The molecule has 20 heavy (non-hydrogen) atoms. The van der Waals surface area contributed by atoms with Crippen molar-refractivity contribution in [3.63, 3.8) is 0 Å². The minimum Gasteiger partial charge on any atom is -0.326 e. The minimum atomic E-state index is 0.0219. The Morgan fingerprint density at radius 3 is 2.35 bits per heavy atom. The maximum atomic E-state index is 11.9. The van der Waals surface area contributed by atoms with E-state index in [4.69, 9.17) is 5.21 Å². The van der Waals surface area contributed by atoms with Crippen LogP contribution in [0.15, 0.2) is 24.3 Å². The minimum absolute atomic E-state index is 0.0219. The lowest BCUT2D eigenvalue weighted by atomic mass is 10.2. The normalized spacial score (nSPS) is 16.9. The summed E-state index contributed by atoms with van der Waals surface area (Å²) in [7, 11) is 2.12. The molecular formula is C14H22N4O2. The summed E-state index contributed by atoms with van der Waals surface area (Å²) in [6.45, 7) is 4.99. The monoisotopic (exact) mass is 278 g/mol. The molecule has 1 aliphatic heterocycles. The maximum Gasteiger partial charge on any atom is 0.225 e. The van der Waals surface area contributed by atoms with Gasteiger partial charge in [-0.05, 0) is 31.3 Å². The van der Waals surface area contributed by atoms with E-state index in [0.717, 1.165) is 38.4 Å². The third kappa shape index (κ3) is 4.48. The Labute approximate surface area is 119 Å². The van der Waals surface area contributed by atoms with Gasteiger partial charge in [0.05, 0.1) is 5.69 Å². The van der Waals surface area contributed by atoms with E-state index in [-0.39, 0.29) is 5.91 Å². The highest BCUT2D eigenvalue weighted by Crippen LogP contribution is 2.13. The summed E-state index contributed by atoms with van der Waals surface area (Å²) in [5.74, 6) is 0.0219. The zero-order valence-corrected chi connectivity index (χ0v) is 11.8. The van der Waals surface area contributed by atoms with Crippen LogP contribution in [0.25, 0.3) is 0 Å². The van der Waals surface area contributed by atoms with E-state index in [9.17, 15) is 4.79 Å². The third-order valence-electron chi connectivity index (χ3n) is 3.55. The van der Waals surface area contributed by atoms with Gasteiger partial charge in [-0.15, -0.1) is 0 Å². The molecule has 0 spiro atoms. The van der Waals surface area contributed by atoms with Gasteiger partial charge in [0.25, 0.3) is 0 Å². The van der Waals surface area contributed by atoms with Gasteiger partial charge in [-0.1, -0.05) is 0 Å². The van der Waals surface area contributed by atoms with Gasteiger partial charge in [-0.3, -0.25) is 15.5 Å². The first-order chi connectivity index (χ1) is 9.67. The molecule has 0 atom stereocenters. The van der Waals surface area contributed by atoms with Crippen LogP contribution in [0.2, 0.25) is 0 Å². The van der Waals surface area contributed by atoms with Crippen LogP contribution in [0, 0.1) is 0 Å². The first-order valence-corrected chi connectivity index (χ1v) is 6.88. The van der Waals surface area contributed by atoms with Gasteiger partial charge in [0.2, 0.25) is 5.91 Å². The molecule has 0 aromatic heterocycles. The molecule has 0 aliphatic carbocycles. The number of carbonyl (C=O) groups excluding carboxylic acids is 1. The lowest BCUT2D eigenvalue weighted by molar-refractivity contribution is -0.116. The highest BCUT2D eigenvalue weighted by molar-refractivity contribution is 5.90. The fraction of sp³-hybridized carbons (Fsp3) is 0.500. The number of nitrogens with one attached hydrogen (secondary N) is 2. The number of piperazine rings is 1. The molecule has 1 amide bonds. The molecule has 1 aromatic rings. The third-order valence-corrected chi connectivity index (χ3v) is 3.55. The fourth-order valence-electron chi connectivity index (χ4n) is 2.18. The Kier molecular flexibility index (Phi) is 5.34. The summed E-state index contributed by atoms with van der Waals surface area (Å²) in [5.41, 5.74) is 3.40. The first-order valence-electron chi connectivity index (χ1n) is 6.88. The summed E-state index contributed by atoms with van der Waals surface area (Å²) in [4.78, 5) is 16.5. The second-order valence-corrected chi connectivity index (χ2v) is 5.13. The molecule has 6 heteroatoms. The summed E-state index contributed by atoms with van der Waals surface area (Å²) >= 11 is 0. The number of nitrogens with zero attached hydrogens (tertiary/aromatic N) is 2. The van der Waals surface area contributed by atoms with E-state index in [1.165, 1.54) is 0 Å². The quantitative estimate of drug-likeness (QED) is 0.703. The van der Waals surface area contributed by atoms with E-state index in [1.807, 2.05) is 0 Å². The second kappa shape index (κ2) is 7.23. The van der Waals surface area contributed by atoms with Crippen LogP contribution in [0.5, 0.6) is 0 Å². The topological polar surface area (TPSA) is 67.8 Å². The maximum absolute atomic E-state index is 11.9. The van der Waals surface area contributed by atoms with Gasteiger partial charge in [-0.2, -0.15) is 0 Å². The van der Waals surface area contributed by atoms with Crippen LogP contribution in [-0.2, 0) is 4.79 Å². The Hall–Kier alpha value is -1.63. The van der Waals surface area contributed by atoms with E-state index >= 15 is 0 Å². The zero-order chi connectivity index (χ0) is 14.4. The van der Waals surface area contributed by atoms with Crippen LogP contribution in [-0.4, -0.2) is 60.7 Å². The molecule has 2 rings (SSSR count). The molecule has 1 saturated heterocycles. The number of benzene rings is 1. The summed E-state index contributed by atoms with van der Waals surface area (Å²) in [5, 5.41) is 11.6. The standard InChI is InChI=1S/C14H22N4O2/c1-17-8-10-18(11-9-17)7-6-14(19)15-12-2-4-13(16-20)5-3-12/h2-5,16,20H,6-11H2,1H3,(H,15,19). The second-order valence-electron chi connectivity index (χ2n) is 5.13. The molecule has 0 saturated carbocycles. The number of likely N-dealkylation sites (N-methyl/N-ethyl adjacent to an activating group) is 1. The van der Waals surface area contributed by atoms with E-state index in [2.05, 4.69) is 27.6 Å². The van der Waals surface area contributed by atoms with Crippen molar-refractivity contribution in [1.82, 2.24) is 9.80 Å². The SMILES string of the molecule is CN1CCN(CCC(=O)Nc2ccc(NO)cc2)CC1. The van der Waals surface area contributed by atoms with E-state index in [1.54, 1.807) is 24.3 Å². The molecule has 110 valence electrons. The smallest absolute Gasteiger partial charge is 0.225 e. The molecule has 3 N–H and O–H groups in total. The van der Waals surface area contributed by atoms with Gasteiger partial charge >= 0.3 is 0 Å². The van der Waals surface area contributed by atoms with Gasteiger partial charge in [0.15, 0.2) is 0 Å². The molecule has 6 nitrogen and oxygen atoms in total. The van der Waals surface area contributed by atoms with Crippen molar-refractivity contribution in [2.75, 3.05) is 50.6 Å². The number of amides is 1. The van der Waals surface area contributed by atoms with Crippen LogP contribution >= 0.6 is 0 Å². The lowest BCUT2D eigenvalue weighted by Crippen LogP contribution is -2.45. The average molecular weight is 278 g/mol. The van der Waals surface area contributed by atoms with Crippen molar-refractivity contribution in [2.24, 2.45) is 0 Å². The van der Waals surface area contributed by atoms with E-state index in [0.29, 0.717) is 12.1 Å². The summed E-state index contributed by atoms with van der Waals surface area (Å²) in [6, 6.07) is 6.92. The van der Waals surface area contributed by atoms with Crippen LogP contribution in [0.4, 0.5) is 11.4 Å². The van der Waals surface area contributed by atoms with Crippen LogP contribution in [0.3, 0.4) is 0 Å². The van der Waals surface area contributed by atoms with Crippen LogP contribution < -0.4 is 10.8 Å². The number of carbonyl (C=O) groups is 1. The van der Waals surface area contributed by atoms with Crippen molar-refractivity contribution in [2.45, 2.75) is 6.42 Å². The number of hydrogen-bond donors (Lipinski definition) is 3. The summed E-state index contributed by atoms with van der Waals surface area (Å²) in [6.07, 6.45) is 0.504. The number of hydrogen-bond acceptors (Lipinski definition) is 5. The van der Waals surface area contributed by atoms with Gasteiger partial charge in [-0.25, -0.2) is 0 Å². The largest absolute Gasteiger partial charge is 0.326 e.